The van der Waals surface area contributed by atoms with Crippen molar-refractivity contribution in [3.8, 4) is 0 Å². The van der Waals surface area contributed by atoms with Crippen molar-refractivity contribution in [2.24, 2.45) is 16.2 Å². The predicted octanol–water partition coefficient (Wildman–Crippen LogP) is 4.79. The van der Waals surface area contributed by atoms with Crippen molar-refractivity contribution >= 4 is 5.97 Å². The molecule has 0 radical (unpaired) electrons. The van der Waals surface area contributed by atoms with Crippen molar-refractivity contribution in [2.75, 3.05) is 0 Å². The fourth-order valence-electron chi connectivity index (χ4n) is 4.84. The van der Waals surface area contributed by atoms with E-state index < -0.39 is 5.97 Å². The maximum atomic E-state index is 11.3. The molecule has 0 heterocycles. The number of carboxylic acid groups (broad SMARTS) is 1. The summed E-state index contributed by atoms with van der Waals surface area (Å²) in [6, 6.07) is 0. The van der Waals surface area contributed by atoms with Gasteiger partial charge in [-0.05, 0) is 48.9 Å². The molecule has 0 saturated heterocycles. The lowest BCUT2D eigenvalue weighted by molar-refractivity contribution is -0.138. The molecular formula is C17H28O2. The monoisotopic (exact) mass is 264 g/mol. The lowest BCUT2D eigenvalue weighted by Gasteiger charge is -2.62. The van der Waals surface area contributed by atoms with Gasteiger partial charge in [-0.3, -0.25) is 4.79 Å². The molecule has 0 aromatic heterocycles. The van der Waals surface area contributed by atoms with E-state index in [4.69, 9.17) is 0 Å². The summed E-state index contributed by atoms with van der Waals surface area (Å²) in [6.45, 7) is 11.6. The number of fused-ring (bicyclic) bond motifs is 1. The Kier molecular flexibility index (Phi) is 3.35. The Balaban J connectivity index is 2.53. The van der Waals surface area contributed by atoms with E-state index in [0.717, 1.165) is 12.8 Å². The van der Waals surface area contributed by atoms with Gasteiger partial charge in [-0.1, -0.05) is 45.3 Å². The standard InChI is InChI=1S/C17H28O2/c1-12-7-10-17(5)15(2,3)8-6-9-16(17,4)13(12)11-14(18)19/h6-11H2,1-5H3,(H,18,19)/t16-,17?/m1/s1. The van der Waals surface area contributed by atoms with E-state index in [2.05, 4.69) is 34.6 Å². The van der Waals surface area contributed by atoms with Gasteiger partial charge >= 0.3 is 5.97 Å². The third kappa shape index (κ3) is 1.95. The first-order chi connectivity index (χ1) is 8.64. The molecule has 19 heavy (non-hydrogen) atoms. The lowest BCUT2D eigenvalue weighted by atomic mass is 9.42. The summed E-state index contributed by atoms with van der Waals surface area (Å²) in [7, 11) is 0. The van der Waals surface area contributed by atoms with Gasteiger partial charge in [0.1, 0.15) is 0 Å². The van der Waals surface area contributed by atoms with Gasteiger partial charge in [-0.2, -0.15) is 0 Å². The van der Waals surface area contributed by atoms with Crippen LogP contribution in [-0.2, 0) is 4.79 Å². The van der Waals surface area contributed by atoms with Crippen molar-refractivity contribution in [1.82, 2.24) is 0 Å². The highest BCUT2D eigenvalue weighted by atomic mass is 16.4. The Morgan fingerprint density at radius 1 is 1.16 bits per heavy atom. The zero-order valence-electron chi connectivity index (χ0n) is 13.1. The Labute approximate surface area is 117 Å². The number of hydrogen-bond donors (Lipinski definition) is 1. The van der Waals surface area contributed by atoms with Crippen LogP contribution in [0.15, 0.2) is 11.1 Å². The Morgan fingerprint density at radius 3 is 2.37 bits per heavy atom. The molecule has 2 atom stereocenters. The number of hydrogen-bond acceptors (Lipinski definition) is 1. The summed E-state index contributed by atoms with van der Waals surface area (Å²) < 4.78 is 0. The van der Waals surface area contributed by atoms with Gasteiger partial charge in [0.2, 0.25) is 0 Å². The van der Waals surface area contributed by atoms with Crippen LogP contribution >= 0.6 is 0 Å². The molecule has 108 valence electrons. The number of carboxylic acids is 1. The van der Waals surface area contributed by atoms with Crippen LogP contribution in [0.2, 0.25) is 0 Å². The molecule has 0 aliphatic heterocycles. The molecule has 2 aliphatic carbocycles. The summed E-state index contributed by atoms with van der Waals surface area (Å²) in [5.74, 6) is -0.678. The second-order valence-corrected chi connectivity index (χ2v) is 7.73. The number of aliphatic carboxylic acids is 1. The van der Waals surface area contributed by atoms with Gasteiger partial charge in [0.25, 0.3) is 0 Å². The molecule has 2 heteroatoms. The molecule has 0 amide bonds. The first kappa shape index (κ1) is 14.6. The van der Waals surface area contributed by atoms with Gasteiger partial charge in [-0.15, -0.1) is 0 Å². The molecule has 0 aromatic rings. The summed E-state index contributed by atoms with van der Waals surface area (Å²) in [5.41, 5.74) is 3.14. The number of allylic oxidation sites excluding steroid dienone is 1. The van der Waals surface area contributed by atoms with Crippen LogP contribution in [0.25, 0.3) is 0 Å². The van der Waals surface area contributed by atoms with E-state index in [1.54, 1.807) is 0 Å². The zero-order valence-corrected chi connectivity index (χ0v) is 13.1. The highest BCUT2D eigenvalue weighted by Gasteiger charge is 2.58. The molecule has 1 N–H and O–H groups in total. The quantitative estimate of drug-likeness (QED) is 0.728. The van der Waals surface area contributed by atoms with Crippen LogP contribution in [0, 0.1) is 16.2 Å². The second-order valence-electron chi connectivity index (χ2n) is 7.73. The highest BCUT2D eigenvalue weighted by molar-refractivity contribution is 5.71. The van der Waals surface area contributed by atoms with Crippen molar-refractivity contribution in [3.63, 3.8) is 0 Å². The van der Waals surface area contributed by atoms with Gasteiger partial charge in [0.05, 0.1) is 6.42 Å². The van der Waals surface area contributed by atoms with Gasteiger partial charge in [-0.25, -0.2) is 0 Å². The van der Waals surface area contributed by atoms with E-state index in [1.807, 2.05) is 0 Å². The van der Waals surface area contributed by atoms with Crippen LogP contribution < -0.4 is 0 Å². The molecule has 1 unspecified atom stereocenters. The van der Waals surface area contributed by atoms with Crippen LogP contribution in [0.3, 0.4) is 0 Å². The molecule has 0 aromatic carbocycles. The van der Waals surface area contributed by atoms with Gasteiger partial charge < -0.3 is 5.11 Å². The average molecular weight is 264 g/mol. The van der Waals surface area contributed by atoms with Crippen molar-refractivity contribution in [3.05, 3.63) is 11.1 Å². The van der Waals surface area contributed by atoms with Crippen LogP contribution in [-0.4, -0.2) is 11.1 Å². The van der Waals surface area contributed by atoms with E-state index in [-0.39, 0.29) is 17.3 Å². The average Bonchev–Trinajstić information content (AvgIpc) is 2.28. The highest BCUT2D eigenvalue weighted by Crippen LogP contribution is 2.67. The minimum Gasteiger partial charge on any atom is -0.481 e. The molecular weight excluding hydrogens is 236 g/mol. The Hall–Kier alpha value is -0.790. The third-order valence-corrected chi connectivity index (χ3v) is 6.70. The SMILES string of the molecule is CC1=C(CC(=O)O)[C@@]2(C)CCCC(C)(C)C2(C)CC1. The van der Waals surface area contributed by atoms with Crippen LogP contribution in [0.4, 0.5) is 0 Å². The first-order valence-corrected chi connectivity index (χ1v) is 7.55. The van der Waals surface area contributed by atoms with Crippen molar-refractivity contribution in [1.29, 1.82) is 0 Å². The molecule has 2 aliphatic rings. The summed E-state index contributed by atoms with van der Waals surface area (Å²) in [6.07, 6.45) is 6.12. The number of rotatable bonds is 2. The maximum Gasteiger partial charge on any atom is 0.307 e. The van der Waals surface area contributed by atoms with Gasteiger partial charge in [0.15, 0.2) is 0 Å². The van der Waals surface area contributed by atoms with Crippen LogP contribution in [0.5, 0.6) is 0 Å². The topological polar surface area (TPSA) is 37.3 Å². The molecule has 1 fully saturated rings. The summed E-state index contributed by atoms with van der Waals surface area (Å²) in [5, 5.41) is 9.27. The molecule has 2 nitrogen and oxygen atoms in total. The maximum absolute atomic E-state index is 11.3. The predicted molar refractivity (Wildman–Crippen MR) is 78.0 cm³/mol. The lowest BCUT2D eigenvalue weighted by Crippen LogP contribution is -2.54. The van der Waals surface area contributed by atoms with E-state index in [1.165, 1.54) is 30.4 Å². The van der Waals surface area contributed by atoms with Gasteiger partial charge in [0, 0.05) is 0 Å². The van der Waals surface area contributed by atoms with Crippen molar-refractivity contribution < 1.29 is 9.90 Å². The summed E-state index contributed by atoms with van der Waals surface area (Å²) in [4.78, 5) is 11.3. The Morgan fingerprint density at radius 2 is 1.79 bits per heavy atom. The second kappa shape index (κ2) is 4.36. The smallest absolute Gasteiger partial charge is 0.307 e. The van der Waals surface area contributed by atoms with Crippen LogP contribution in [0.1, 0.15) is 73.1 Å². The number of carbonyl (C=O) groups is 1. The van der Waals surface area contributed by atoms with Crippen molar-refractivity contribution in [2.45, 2.75) is 73.1 Å². The first-order valence-electron chi connectivity index (χ1n) is 7.55. The molecule has 0 bridgehead atoms. The normalized spacial score (nSPS) is 37.9. The molecule has 0 spiro atoms. The van der Waals surface area contributed by atoms with E-state index in [9.17, 15) is 9.90 Å². The Bertz CT molecular complexity index is 433. The fraction of sp³-hybridized carbons (Fsp3) is 0.824. The molecule has 2 rings (SSSR count). The third-order valence-electron chi connectivity index (χ3n) is 6.70. The zero-order chi connectivity index (χ0) is 14.5. The molecule has 1 saturated carbocycles. The summed E-state index contributed by atoms with van der Waals surface area (Å²) >= 11 is 0. The fourth-order valence-corrected chi connectivity index (χ4v) is 4.84. The van der Waals surface area contributed by atoms with E-state index in [0.29, 0.717) is 5.41 Å². The minimum absolute atomic E-state index is 0.0650. The minimum atomic E-state index is -0.678. The largest absolute Gasteiger partial charge is 0.481 e. The van der Waals surface area contributed by atoms with E-state index >= 15 is 0 Å².